The summed E-state index contributed by atoms with van der Waals surface area (Å²) in [5.74, 6) is 1.13. The minimum atomic E-state index is -0.0875. The molecule has 1 atom stereocenters. The molecule has 0 N–H and O–H groups in total. The van der Waals surface area contributed by atoms with Crippen LogP contribution in [0, 0.1) is 5.41 Å². The third-order valence-corrected chi connectivity index (χ3v) is 7.77. The number of benzene rings is 3. The van der Waals surface area contributed by atoms with E-state index < -0.39 is 0 Å². The standard InChI is InChI=1S/C37H40N2O2/c1-6-11-29-22-33-32(24-34(29)41-5)28(16-17-38-33)19-25-12-10-13-26(18-25)20-31(40)21-30-23-35(37(2,3)4)39-36(30)27-14-8-7-9-15-27/h7-10,12-18,22-24,36H,6,11,19-21H2,1-5H3. The number of fused-ring (bicyclic) bond motifs is 1. The van der Waals surface area contributed by atoms with E-state index >= 15 is 0 Å². The van der Waals surface area contributed by atoms with Crippen LogP contribution in [0.2, 0.25) is 0 Å². The van der Waals surface area contributed by atoms with Gasteiger partial charge in [-0.3, -0.25) is 14.8 Å². The van der Waals surface area contributed by atoms with Gasteiger partial charge in [0.25, 0.3) is 0 Å². The molecule has 0 radical (unpaired) electrons. The van der Waals surface area contributed by atoms with Gasteiger partial charge in [0.15, 0.2) is 0 Å². The van der Waals surface area contributed by atoms with Crippen molar-refractivity contribution >= 4 is 22.4 Å². The van der Waals surface area contributed by atoms with Crippen LogP contribution in [0.5, 0.6) is 5.75 Å². The second-order valence-electron chi connectivity index (χ2n) is 12.1. The summed E-state index contributed by atoms with van der Waals surface area (Å²) in [6.07, 6.45) is 7.64. The van der Waals surface area contributed by atoms with Gasteiger partial charge in [0.2, 0.25) is 0 Å². The van der Waals surface area contributed by atoms with Crippen LogP contribution < -0.4 is 4.74 Å². The number of ketones is 1. The minimum Gasteiger partial charge on any atom is -0.496 e. The van der Waals surface area contributed by atoms with Crippen molar-refractivity contribution in [2.24, 2.45) is 10.4 Å². The molecule has 1 aromatic heterocycles. The number of hydrogen-bond donors (Lipinski definition) is 0. The summed E-state index contributed by atoms with van der Waals surface area (Å²) in [7, 11) is 1.73. The minimum absolute atomic E-state index is 0.0646. The number of aliphatic imine (C=N–C) groups is 1. The molecule has 3 aromatic carbocycles. The molecule has 4 heteroatoms. The van der Waals surface area contributed by atoms with Gasteiger partial charge in [-0.15, -0.1) is 0 Å². The van der Waals surface area contributed by atoms with Crippen LogP contribution >= 0.6 is 0 Å². The predicted octanol–water partition coefficient (Wildman–Crippen LogP) is 8.46. The predicted molar refractivity (Wildman–Crippen MR) is 169 cm³/mol. The molecule has 0 saturated carbocycles. The molecule has 41 heavy (non-hydrogen) atoms. The number of pyridine rings is 1. The first-order valence-electron chi connectivity index (χ1n) is 14.6. The van der Waals surface area contributed by atoms with Crippen LogP contribution in [0.3, 0.4) is 0 Å². The average molecular weight is 545 g/mol. The second kappa shape index (κ2) is 12.2. The molecular formula is C37H40N2O2. The smallest absolute Gasteiger partial charge is 0.141 e. The zero-order valence-electron chi connectivity index (χ0n) is 24.9. The van der Waals surface area contributed by atoms with E-state index in [4.69, 9.17) is 9.73 Å². The topological polar surface area (TPSA) is 51.5 Å². The Balaban J connectivity index is 1.33. The monoisotopic (exact) mass is 544 g/mol. The van der Waals surface area contributed by atoms with Crippen LogP contribution in [0.4, 0.5) is 0 Å². The van der Waals surface area contributed by atoms with Gasteiger partial charge in [-0.1, -0.05) is 88.7 Å². The van der Waals surface area contributed by atoms with Crippen LogP contribution in [-0.4, -0.2) is 23.6 Å². The summed E-state index contributed by atoms with van der Waals surface area (Å²) < 4.78 is 5.71. The molecule has 0 aliphatic carbocycles. The molecule has 0 amide bonds. The van der Waals surface area contributed by atoms with Gasteiger partial charge < -0.3 is 4.74 Å². The van der Waals surface area contributed by atoms with Crippen LogP contribution in [0.15, 0.2) is 95.6 Å². The van der Waals surface area contributed by atoms with Gasteiger partial charge >= 0.3 is 0 Å². The molecule has 1 aliphatic rings. The summed E-state index contributed by atoms with van der Waals surface area (Å²) >= 11 is 0. The first-order valence-corrected chi connectivity index (χ1v) is 14.6. The fourth-order valence-corrected chi connectivity index (χ4v) is 5.66. The number of carbonyl (C=O) groups is 1. The first kappa shape index (κ1) is 28.5. The number of rotatable bonds is 10. The molecule has 210 valence electrons. The van der Waals surface area contributed by atoms with Crippen molar-refractivity contribution < 1.29 is 9.53 Å². The highest BCUT2D eigenvalue weighted by Crippen LogP contribution is 2.37. The molecule has 1 unspecified atom stereocenters. The number of carbonyl (C=O) groups excluding carboxylic acids is 1. The van der Waals surface area contributed by atoms with Crippen molar-refractivity contribution in [3.8, 4) is 5.75 Å². The number of methoxy groups -OCH3 is 1. The largest absolute Gasteiger partial charge is 0.496 e. The van der Waals surface area contributed by atoms with Crippen molar-refractivity contribution in [3.63, 3.8) is 0 Å². The Kier molecular flexibility index (Phi) is 8.49. The first-order chi connectivity index (χ1) is 19.7. The number of ether oxygens (including phenoxy) is 1. The van der Waals surface area contributed by atoms with Crippen molar-refractivity contribution in [2.75, 3.05) is 7.11 Å². The van der Waals surface area contributed by atoms with Gasteiger partial charge in [0, 0.05) is 35.6 Å². The van der Waals surface area contributed by atoms with E-state index in [1.165, 1.54) is 16.7 Å². The molecule has 4 aromatic rings. The Labute approximate surface area is 244 Å². The molecule has 4 nitrogen and oxygen atoms in total. The average Bonchev–Trinajstić information content (AvgIpc) is 3.38. The van der Waals surface area contributed by atoms with Gasteiger partial charge in [0.1, 0.15) is 11.5 Å². The lowest BCUT2D eigenvalue weighted by molar-refractivity contribution is -0.117. The lowest BCUT2D eigenvalue weighted by atomic mass is 9.88. The summed E-state index contributed by atoms with van der Waals surface area (Å²) in [6, 6.07) is 25.0. The third kappa shape index (κ3) is 6.65. The SMILES string of the molecule is CCCc1cc2nccc(Cc3cccc(CC(=O)CC4=CC(C(C)(C)C)=NC4c4ccccc4)c3)c2cc1OC. The van der Waals surface area contributed by atoms with Crippen molar-refractivity contribution in [3.05, 3.63) is 118 Å². The van der Waals surface area contributed by atoms with Gasteiger partial charge in [-0.2, -0.15) is 0 Å². The molecule has 0 saturated heterocycles. The zero-order chi connectivity index (χ0) is 29.0. The Morgan fingerprint density at radius 1 is 0.902 bits per heavy atom. The van der Waals surface area contributed by atoms with Gasteiger partial charge in [-0.25, -0.2) is 0 Å². The lowest BCUT2D eigenvalue weighted by Crippen LogP contribution is -2.16. The maximum Gasteiger partial charge on any atom is 0.141 e. The van der Waals surface area contributed by atoms with Crippen LogP contribution in [-0.2, 0) is 24.1 Å². The normalized spacial score (nSPS) is 15.1. The van der Waals surface area contributed by atoms with Crippen LogP contribution in [0.25, 0.3) is 10.9 Å². The number of aryl methyl sites for hydroxylation is 1. The Bertz CT molecular complexity index is 1610. The summed E-state index contributed by atoms with van der Waals surface area (Å²) in [4.78, 5) is 23.1. The van der Waals surface area contributed by atoms with E-state index in [0.717, 1.165) is 58.3 Å². The number of hydrogen-bond acceptors (Lipinski definition) is 4. The Morgan fingerprint density at radius 3 is 2.41 bits per heavy atom. The molecule has 0 spiro atoms. The van der Waals surface area contributed by atoms with E-state index in [1.54, 1.807) is 7.11 Å². The highest BCUT2D eigenvalue weighted by molar-refractivity contribution is 6.02. The summed E-state index contributed by atoms with van der Waals surface area (Å²) in [6.45, 7) is 8.70. The molecular weight excluding hydrogens is 504 g/mol. The summed E-state index contributed by atoms with van der Waals surface area (Å²) in [5.41, 5.74) is 8.82. The zero-order valence-corrected chi connectivity index (χ0v) is 24.9. The second-order valence-corrected chi connectivity index (χ2v) is 12.1. The number of nitrogens with zero attached hydrogens (tertiary/aromatic N) is 2. The van der Waals surface area contributed by atoms with E-state index in [0.29, 0.717) is 12.8 Å². The van der Waals surface area contributed by atoms with E-state index in [-0.39, 0.29) is 17.2 Å². The molecule has 2 heterocycles. The number of aromatic nitrogens is 1. The highest BCUT2D eigenvalue weighted by atomic mass is 16.5. The van der Waals surface area contributed by atoms with Crippen LogP contribution in [0.1, 0.15) is 74.4 Å². The number of Topliss-reactive ketones (excluding diaryl/α,β-unsaturated/α-hetero) is 1. The fourth-order valence-electron chi connectivity index (χ4n) is 5.66. The third-order valence-electron chi connectivity index (χ3n) is 7.77. The highest BCUT2D eigenvalue weighted by Gasteiger charge is 2.29. The van der Waals surface area contributed by atoms with Gasteiger partial charge in [-0.05, 0) is 70.5 Å². The summed E-state index contributed by atoms with van der Waals surface area (Å²) in [5, 5.41) is 1.11. The van der Waals surface area contributed by atoms with Gasteiger partial charge in [0.05, 0.1) is 18.7 Å². The van der Waals surface area contributed by atoms with E-state index in [1.807, 2.05) is 24.4 Å². The Hall–Kier alpha value is -4.05. The molecule has 1 aliphatic heterocycles. The maximum absolute atomic E-state index is 13.4. The quantitative estimate of drug-likeness (QED) is 0.201. The molecule has 0 bridgehead atoms. The van der Waals surface area contributed by atoms with Crippen molar-refractivity contribution in [1.29, 1.82) is 0 Å². The fraction of sp³-hybridized carbons (Fsp3) is 0.324. The van der Waals surface area contributed by atoms with Crippen molar-refractivity contribution in [2.45, 2.75) is 65.8 Å². The maximum atomic E-state index is 13.4. The molecule has 0 fully saturated rings. The number of allylic oxidation sites excluding steroid dienone is 1. The Morgan fingerprint density at radius 2 is 1.68 bits per heavy atom. The molecule has 5 rings (SSSR count). The van der Waals surface area contributed by atoms with E-state index in [2.05, 4.69) is 93.4 Å². The van der Waals surface area contributed by atoms with E-state index in [9.17, 15) is 4.79 Å². The van der Waals surface area contributed by atoms with Crippen molar-refractivity contribution in [1.82, 2.24) is 4.98 Å². The lowest BCUT2D eigenvalue weighted by Gasteiger charge is -2.17.